The summed E-state index contributed by atoms with van der Waals surface area (Å²) in [7, 11) is 1.72. The highest BCUT2D eigenvalue weighted by atomic mass is 35.5. The second-order valence-electron chi connectivity index (χ2n) is 5.37. The third-order valence-corrected chi connectivity index (χ3v) is 3.62. The maximum Gasteiger partial charge on any atom is 0.0713 e. The van der Waals surface area contributed by atoms with Crippen molar-refractivity contribution >= 4 is 11.6 Å². The first-order chi connectivity index (χ1) is 10.2. The molecule has 21 heavy (non-hydrogen) atoms. The summed E-state index contributed by atoms with van der Waals surface area (Å²) in [6.07, 6.45) is 0.971. The third kappa shape index (κ3) is 5.50. The molecule has 0 aliphatic rings. The zero-order valence-electron chi connectivity index (χ0n) is 12.6. The Bertz CT molecular complexity index is 571. The zero-order chi connectivity index (χ0) is 15.1. The molecule has 0 aliphatic heterocycles. The molecule has 0 aliphatic carbocycles. The minimum atomic E-state index is 0.398. The molecule has 0 radical (unpaired) electrons. The predicted molar refractivity (Wildman–Crippen MR) is 88.6 cm³/mol. The number of ether oxygens (including phenoxy) is 1. The SMILES string of the molecule is COCc1cccc(CNC(C)Cc2cccc(Cl)c2)c1. The normalized spacial score (nSPS) is 12.3. The summed E-state index contributed by atoms with van der Waals surface area (Å²) < 4.78 is 5.17. The fourth-order valence-electron chi connectivity index (χ4n) is 2.38. The van der Waals surface area contributed by atoms with Gasteiger partial charge in [-0.1, -0.05) is 48.0 Å². The fraction of sp³-hybridized carbons (Fsp3) is 0.333. The van der Waals surface area contributed by atoms with Gasteiger partial charge in [0, 0.05) is 24.7 Å². The van der Waals surface area contributed by atoms with Crippen molar-refractivity contribution in [1.82, 2.24) is 5.32 Å². The topological polar surface area (TPSA) is 21.3 Å². The molecule has 112 valence electrons. The molecule has 0 heterocycles. The quantitative estimate of drug-likeness (QED) is 0.827. The highest BCUT2D eigenvalue weighted by molar-refractivity contribution is 6.30. The molecular formula is C18H22ClNO. The smallest absolute Gasteiger partial charge is 0.0713 e. The molecule has 1 N–H and O–H groups in total. The van der Waals surface area contributed by atoms with E-state index >= 15 is 0 Å². The van der Waals surface area contributed by atoms with Crippen molar-refractivity contribution in [3.63, 3.8) is 0 Å². The highest BCUT2D eigenvalue weighted by Crippen LogP contribution is 2.13. The van der Waals surface area contributed by atoms with Gasteiger partial charge in [-0.05, 0) is 42.2 Å². The van der Waals surface area contributed by atoms with Crippen LogP contribution < -0.4 is 5.32 Å². The Morgan fingerprint density at radius 1 is 1.05 bits per heavy atom. The monoisotopic (exact) mass is 303 g/mol. The number of hydrogen-bond donors (Lipinski definition) is 1. The van der Waals surface area contributed by atoms with Crippen LogP contribution in [0, 0.1) is 0 Å². The van der Waals surface area contributed by atoms with Crippen LogP contribution >= 0.6 is 11.6 Å². The van der Waals surface area contributed by atoms with Crippen LogP contribution in [0.1, 0.15) is 23.6 Å². The van der Waals surface area contributed by atoms with Gasteiger partial charge in [-0.3, -0.25) is 0 Å². The van der Waals surface area contributed by atoms with Crippen molar-refractivity contribution in [1.29, 1.82) is 0 Å². The predicted octanol–water partition coefficient (Wildman–Crippen LogP) is 4.21. The zero-order valence-corrected chi connectivity index (χ0v) is 13.4. The van der Waals surface area contributed by atoms with Crippen LogP contribution in [0.4, 0.5) is 0 Å². The summed E-state index contributed by atoms with van der Waals surface area (Å²) in [4.78, 5) is 0. The lowest BCUT2D eigenvalue weighted by Gasteiger charge is -2.14. The Morgan fingerprint density at radius 2 is 1.76 bits per heavy atom. The Labute approximate surface area is 132 Å². The molecule has 0 fully saturated rings. The minimum Gasteiger partial charge on any atom is -0.380 e. The lowest BCUT2D eigenvalue weighted by Crippen LogP contribution is -2.27. The van der Waals surface area contributed by atoms with Gasteiger partial charge in [0.05, 0.1) is 6.61 Å². The second kappa shape index (κ2) is 8.18. The van der Waals surface area contributed by atoms with E-state index in [2.05, 4.69) is 42.6 Å². The minimum absolute atomic E-state index is 0.398. The molecule has 1 atom stereocenters. The van der Waals surface area contributed by atoms with E-state index in [-0.39, 0.29) is 0 Å². The first-order valence-electron chi connectivity index (χ1n) is 7.22. The molecular weight excluding hydrogens is 282 g/mol. The Hall–Kier alpha value is -1.35. The number of methoxy groups -OCH3 is 1. The summed E-state index contributed by atoms with van der Waals surface area (Å²) in [6, 6.07) is 16.9. The third-order valence-electron chi connectivity index (χ3n) is 3.39. The molecule has 2 aromatic rings. The molecule has 0 saturated carbocycles. The molecule has 0 bridgehead atoms. The Kier molecular flexibility index (Phi) is 6.24. The van der Waals surface area contributed by atoms with Crippen molar-refractivity contribution in [3.05, 3.63) is 70.2 Å². The van der Waals surface area contributed by atoms with Crippen molar-refractivity contribution in [3.8, 4) is 0 Å². The fourth-order valence-corrected chi connectivity index (χ4v) is 2.59. The Balaban J connectivity index is 1.86. The van der Waals surface area contributed by atoms with Crippen molar-refractivity contribution in [2.45, 2.75) is 32.5 Å². The van der Waals surface area contributed by atoms with Gasteiger partial charge in [0.2, 0.25) is 0 Å². The van der Waals surface area contributed by atoms with Crippen molar-refractivity contribution in [2.75, 3.05) is 7.11 Å². The molecule has 0 saturated heterocycles. The van der Waals surface area contributed by atoms with Crippen LogP contribution in [-0.4, -0.2) is 13.2 Å². The molecule has 3 heteroatoms. The van der Waals surface area contributed by atoms with Crippen LogP contribution in [0.25, 0.3) is 0 Å². The van der Waals surface area contributed by atoms with Crippen molar-refractivity contribution < 1.29 is 4.74 Å². The number of hydrogen-bond acceptors (Lipinski definition) is 2. The van der Waals surface area contributed by atoms with Gasteiger partial charge >= 0.3 is 0 Å². The van der Waals surface area contributed by atoms with E-state index in [1.807, 2.05) is 18.2 Å². The number of rotatable bonds is 7. The lowest BCUT2D eigenvalue weighted by molar-refractivity contribution is 0.185. The summed E-state index contributed by atoms with van der Waals surface area (Å²) in [5, 5.41) is 4.35. The van der Waals surface area contributed by atoms with Crippen LogP contribution in [-0.2, 0) is 24.3 Å². The average molecular weight is 304 g/mol. The van der Waals surface area contributed by atoms with Gasteiger partial charge in [0.25, 0.3) is 0 Å². The summed E-state index contributed by atoms with van der Waals surface area (Å²) in [5.41, 5.74) is 3.75. The van der Waals surface area contributed by atoms with Crippen molar-refractivity contribution in [2.24, 2.45) is 0 Å². The van der Waals surface area contributed by atoms with Crippen LogP contribution in [0.15, 0.2) is 48.5 Å². The van der Waals surface area contributed by atoms with E-state index in [4.69, 9.17) is 16.3 Å². The molecule has 2 aromatic carbocycles. The molecule has 0 amide bonds. The summed E-state index contributed by atoms with van der Waals surface area (Å²) in [5.74, 6) is 0. The molecule has 2 nitrogen and oxygen atoms in total. The van der Waals surface area contributed by atoms with Gasteiger partial charge in [0.1, 0.15) is 0 Å². The lowest BCUT2D eigenvalue weighted by atomic mass is 10.1. The van der Waals surface area contributed by atoms with E-state index < -0.39 is 0 Å². The standard InChI is InChI=1S/C18H22ClNO/c1-14(9-15-5-4-8-18(19)11-15)20-12-16-6-3-7-17(10-16)13-21-2/h3-8,10-11,14,20H,9,12-13H2,1-2H3. The first-order valence-corrected chi connectivity index (χ1v) is 7.60. The van der Waals surface area contributed by atoms with E-state index in [1.54, 1.807) is 7.11 Å². The van der Waals surface area contributed by atoms with Crippen LogP contribution in [0.3, 0.4) is 0 Å². The van der Waals surface area contributed by atoms with Gasteiger partial charge < -0.3 is 10.1 Å². The highest BCUT2D eigenvalue weighted by Gasteiger charge is 2.04. The molecule has 2 rings (SSSR count). The summed E-state index contributed by atoms with van der Waals surface area (Å²) >= 11 is 6.02. The van der Waals surface area contributed by atoms with Gasteiger partial charge in [-0.25, -0.2) is 0 Å². The van der Waals surface area contributed by atoms with Gasteiger partial charge in [-0.15, -0.1) is 0 Å². The Morgan fingerprint density at radius 3 is 2.52 bits per heavy atom. The van der Waals surface area contributed by atoms with Crippen LogP contribution in [0.5, 0.6) is 0 Å². The number of nitrogens with one attached hydrogen (secondary N) is 1. The molecule has 0 spiro atoms. The number of halogens is 1. The summed E-state index contributed by atoms with van der Waals surface area (Å²) in [6.45, 7) is 3.71. The maximum absolute atomic E-state index is 6.02. The van der Waals surface area contributed by atoms with E-state index in [0.717, 1.165) is 18.0 Å². The largest absolute Gasteiger partial charge is 0.380 e. The van der Waals surface area contributed by atoms with Gasteiger partial charge in [0.15, 0.2) is 0 Å². The average Bonchev–Trinajstić information content (AvgIpc) is 2.46. The van der Waals surface area contributed by atoms with Crippen LogP contribution in [0.2, 0.25) is 5.02 Å². The van der Waals surface area contributed by atoms with E-state index in [0.29, 0.717) is 12.6 Å². The first kappa shape index (κ1) is 16.0. The van der Waals surface area contributed by atoms with Gasteiger partial charge in [-0.2, -0.15) is 0 Å². The molecule has 0 aromatic heterocycles. The van der Waals surface area contributed by atoms with E-state index in [9.17, 15) is 0 Å². The second-order valence-corrected chi connectivity index (χ2v) is 5.81. The molecule has 1 unspecified atom stereocenters. The number of benzene rings is 2. The van der Waals surface area contributed by atoms with E-state index in [1.165, 1.54) is 16.7 Å². The maximum atomic E-state index is 6.02.